The Hall–Kier alpha value is -2.45. The summed E-state index contributed by atoms with van der Waals surface area (Å²) in [5.74, 6) is -1.82. The van der Waals surface area contributed by atoms with Crippen LogP contribution >= 0.6 is 0 Å². The van der Waals surface area contributed by atoms with Crippen molar-refractivity contribution in [2.45, 2.75) is 174 Å². The second kappa shape index (κ2) is 33.7. The highest BCUT2D eigenvalue weighted by atomic mass is 16.6. The third-order valence-electron chi connectivity index (χ3n) is 8.79. The van der Waals surface area contributed by atoms with E-state index < -0.39 is 18.1 Å². The molecule has 8 nitrogen and oxygen atoms in total. The number of carbonyl (C=O) groups is 3. The number of carboxylic acid groups (broad SMARTS) is 1. The number of allylic oxidation sites excluding steroid dienone is 6. The summed E-state index contributed by atoms with van der Waals surface area (Å²) in [5.41, 5.74) is 0. The number of nitrogens with zero attached hydrogens (tertiary/aromatic N) is 1. The largest absolute Gasteiger partial charge is 0.544 e. The molecule has 2 unspecified atom stereocenters. The molecule has 0 saturated heterocycles. The smallest absolute Gasteiger partial charge is 0.306 e. The fraction of sp³-hybridized carbons (Fsp3) is 0.786. The van der Waals surface area contributed by atoms with Gasteiger partial charge in [0.1, 0.15) is 12.6 Å². The molecule has 0 aromatic carbocycles. The maximum absolute atomic E-state index is 12.5. The van der Waals surface area contributed by atoms with E-state index >= 15 is 0 Å². The summed E-state index contributed by atoms with van der Waals surface area (Å²) in [6.07, 6.45) is 36.2. The molecule has 0 aliphatic carbocycles. The van der Waals surface area contributed by atoms with E-state index in [0.717, 1.165) is 51.4 Å². The Morgan fingerprint density at radius 1 is 0.600 bits per heavy atom. The summed E-state index contributed by atoms with van der Waals surface area (Å²) < 4.78 is 17.0. The highest BCUT2D eigenvalue weighted by Gasteiger charge is 2.25. The zero-order chi connectivity index (χ0) is 37.1. The molecule has 0 spiro atoms. The summed E-state index contributed by atoms with van der Waals surface area (Å²) >= 11 is 0. The van der Waals surface area contributed by atoms with Gasteiger partial charge in [0.05, 0.1) is 40.3 Å². The normalized spacial score (nSPS) is 13.4. The van der Waals surface area contributed by atoms with Crippen molar-refractivity contribution in [1.29, 1.82) is 0 Å². The number of aliphatic carboxylic acids is 1. The van der Waals surface area contributed by atoms with Crippen LogP contribution in [0.3, 0.4) is 0 Å². The zero-order valence-electron chi connectivity index (χ0n) is 32.8. The number of carboxylic acids is 1. The van der Waals surface area contributed by atoms with Crippen LogP contribution in [-0.4, -0.2) is 75.5 Å². The van der Waals surface area contributed by atoms with E-state index in [1.807, 2.05) is 6.08 Å². The van der Waals surface area contributed by atoms with Gasteiger partial charge in [0.25, 0.3) is 0 Å². The molecule has 0 aromatic rings. The predicted molar refractivity (Wildman–Crippen MR) is 203 cm³/mol. The minimum atomic E-state index is -1.13. The number of quaternary nitrogens is 1. The average molecular weight is 706 g/mol. The third kappa shape index (κ3) is 31.5. The first-order valence-electron chi connectivity index (χ1n) is 20.0. The Bertz CT molecular complexity index is 922. The maximum atomic E-state index is 12.5. The van der Waals surface area contributed by atoms with Crippen LogP contribution < -0.4 is 5.11 Å². The second-order valence-corrected chi connectivity index (χ2v) is 14.5. The Labute approximate surface area is 306 Å². The van der Waals surface area contributed by atoms with E-state index in [9.17, 15) is 19.5 Å². The number of hydrogen-bond donors (Lipinski definition) is 0. The summed E-state index contributed by atoms with van der Waals surface area (Å²) in [6, 6.07) is -0.731. The molecule has 0 N–H and O–H groups in total. The fourth-order valence-electron chi connectivity index (χ4n) is 5.61. The molecule has 0 aromatic heterocycles. The van der Waals surface area contributed by atoms with Gasteiger partial charge in [-0.05, 0) is 51.4 Å². The van der Waals surface area contributed by atoms with Gasteiger partial charge in [-0.2, -0.15) is 0 Å². The quantitative estimate of drug-likeness (QED) is 0.0213. The van der Waals surface area contributed by atoms with Gasteiger partial charge in [0.15, 0.2) is 6.10 Å². The molecular weight excluding hydrogens is 630 g/mol. The number of unbranched alkanes of at least 4 members (excludes halogenated alkanes) is 16. The molecule has 290 valence electrons. The van der Waals surface area contributed by atoms with Crippen LogP contribution in [0.25, 0.3) is 0 Å². The van der Waals surface area contributed by atoms with Gasteiger partial charge in [-0.3, -0.25) is 9.59 Å². The minimum Gasteiger partial charge on any atom is -0.544 e. The van der Waals surface area contributed by atoms with Crippen molar-refractivity contribution in [3.63, 3.8) is 0 Å². The van der Waals surface area contributed by atoms with E-state index in [1.54, 1.807) is 21.1 Å². The Balaban J connectivity index is 4.35. The predicted octanol–water partition coefficient (Wildman–Crippen LogP) is 8.96. The molecule has 0 bridgehead atoms. The summed E-state index contributed by atoms with van der Waals surface area (Å²) in [6.45, 7) is 4.54. The molecule has 50 heavy (non-hydrogen) atoms. The Morgan fingerprint density at radius 2 is 1.10 bits per heavy atom. The fourth-order valence-corrected chi connectivity index (χ4v) is 5.61. The molecule has 0 aliphatic rings. The number of ether oxygens (including phenoxy) is 3. The zero-order valence-corrected chi connectivity index (χ0v) is 32.8. The third-order valence-corrected chi connectivity index (χ3v) is 8.79. The first-order chi connectivity index (χ1) is 24.1. The summed E-state index contributed by atoms with van der Waals surface area (Å²) in [5, 5.41) is 11.6. The van der Waals surface area contributed by atoms with Crippen LogP contribution in [0.5, 0.6) is 0 Å². The van der Waals surface area contributed by atoms with Crippen molar-refractivity contribution in [2.75, 3.05) is 41.0 Å². The first kappa shape index (κ1) is 47.5. The van der Waals surface area contributed by atoms with Gasteiger partial charge >= 0.3 is 11.9 Å². The van der Waals surface area contributed by atoms with Gasteiger partial charge in [0.2, 0.25) is 0 Å². The first-order valence-corrected chi connectivity index (χ1v) is 20.0. The molecule has 0 aliphatic heterocycles. The van der Waals surface area contributed by atoms with Gasteiger partial charge < -0.3 is 28.6 Å². The summed E-state index contributed by atoms with van der Waals surface area (Å²) in [7, 11) is 5.37. The number of hydrogen-bond acceptors (Lipinski definition) is 7. The molecule has 0 radical (unpaired) electrons. The van der Waals surface area contributed by atoms with Crippen LogP contribution in [0.15, 0.2) is 36.5 Å². The maximum Gasteiger partial charge on any atom is 0.306 e. The Kier molecular flexibility index (Phi) is 32.0. The van der Waals surface area contributed by atoms with Gasteiger partial charge in [-0.25, -0.2) is 0 Å². The van der Waals surface area contributed by atoms with Crippen molar-refractivity contribution >= 4 is 17.9 Å². The van der Waals surface area contributed by atoms with Crippen molar-refractivity contribution in [1.82, 2.24) is 0 Å². The molecule has 0 saturated carbocycles. The van der Waals surface area contributed by atoms with E-state index in [1.165, 1.54) is 70.6 Å². The second-order valence-electron chi connectivity index (χ2n) is 14.5. The number of esters is 2. The lowest BCUT2D eigenvalue weighted by atomic mass is 10.1. The topological polar surface area (TPSA) is 102 Å². The average Bonchev–Trinajstić information content (AvgIpc) is 3.06. The van der Waals surface area contributed by atoms with E-state index in [-0.39, 0.29) is 49.1 Å². The lowest BCUT2D eigenvalue weighted by Crippen LogP contribution is -2.55. The minimum absolute atomic E-state index is 0.0205. The van der Waals surface area contributed by atoms with E-state index in [0.29, 0.717) is 12.8 Å². The SMILES string of the molecule is CCCCCC/C=C/CCC(=O)OC(COCCC(C(=O)[O-])[N+](C)(C)C)COC(=O)CCCCCCC/C=C/C=C/CCCCCCCCC. The highest BCUT2D eigenvalue weighted by Crippen LogP contribution is 2.12. The monoisotopic (exact) mass is 706 g/mol. The lowest BCUT2D eigenvalue weighted by Gasteiger charge is -2.34. The number of likely N-dealkylation sites (N-methyl/N-ethyl adjacent to an activating group) is 1. The molecule has 0 amide bonds. The Morgan fingerprint density at radius 3 is 1.66 bits per heavy atom. The van der Waals surface area contributed by atoms with E-state index in [4.69, 9.17) is 14.2 Å². The van der Waals surface area contributed by atoms with Crippen molar-refractivity contribution in [2.24, 2.45) is 0 Å². The number of carbonyl (C=O) groups excluding carboxylic acids is 3. The molecular formula is C42H75NO7. The van der Waals surface area contributed by atoms with Crippen LogP contribution in [0.4, 0.5) is 0 Å². The number of rotatable bonds is 35. The summed E-state index contributed by atoms with van der Waals surface area (Å²) in [4.78, 5) is 36.5. The standard InChI is InChI=1S/C42H75NO7/c1-6-8-10-12-14-16-17-18-19-20-21-22-23-24-25-27-28-30-32-40(44)49-37-38(36-48-35-34-39(42(46)47)43(3,4)5)50-41(45)33-31-29-26-15-13-11-9-7-2/h19-22,26,29,38-39H,6-18,23-25,27-28,30-37H2,1-5H3/b20-19+,22-21+,29-26+. The van der Waals surface area contributed by atoms with E-state index in [2.05, 4.69) is 44.2 Å². The van der Waals surface area contributed by atoms with Crippen LogP contribution in [0, 0.1) is 0 Å². The lowest BCUT2D eigenvalue weighted by molar-refractivity contribution is -0.889. The van der Waals surface area contributed by atoms with Crippen LogP contribution in [0.1, 0.15) is 162 Å². The molecule has 2 atom stereocenters. The van der Waals surface area contributed by atoms with Gasteiger partial charge in [-0.1, -0.05) is 127 Å². The van der Waals surface area contributed by atoms with Crippen LogP contribution in [0.2, 0.25) is 0 Å². The van der Waals surface area contributed by atoms with Gasteiger partial charge in [-0.15, -0.1) is 0 Å². The molecule has 0 rings (SSSR count). The van der Waals surface area contributed by atoms with Gasteiger partial charge in [0, 0.05) is 19.3 Å². The van der Waals surface area contributed by atoms with Crippen LogP contribution in [-0.2, 0) is 28.6 Å². The van der Waals surface area contributed by atoms with Crippen molar-refractivity contribution in [3.8, 4) is 0 Å². The molecule has 8 heteroatoms. The molecule has 0 heterocycles. The van der Waals surface area contributed by atoms with Crippen molar-refractivity contribution < 1.29 is 38.2 Å². The highest BCUT2D eigenvalue weighted by molar-refractivity contribution is 5.70. The molecule has 0 fully saturated rings. The van der Waals surface area contributed by atoms with Crippen molar-refractivity contribution in [3.05, 3.63) is 36.5 Å².